The lowest BCUT2D eigenvalue weighted by molar-refractivity contribution is 0.0770. The maximum absolute atomic E-state index is 5.45. The van der Waals surface area contributed by atoms with Gasteiger partial charge in [-0.05, 0) is 42.2 Å². The van der Waals surface area contributed by atoms with E-state index in [9.17, 15) is 0 Å². The first-order chi connectivity index (χ1) is 7.84. The molecule has 88 valence electrons. The smallest absolute Gasteiger partial charge is 0.0623 e. The second-order valence-corrected chi connectivity index (χ2v) is 5.10. The van der Waals surface area contributed by atoms with Crippen molar-refractivity contribution in [2.45, 2.75) is 25.8 Å². The van der Waals surface area contributed by atoms with Crippen LogP contribution in [0.5, 0.6) is 0 Å². The van der Waals surface area contributed by atoms with Crippen LogP contribution in [0.2, 0.25) is 0 Å². The zero-order valence-electron chi connectivity index (χ0n) is 9.74. The van der Waals surface area contributed by atoms with Crippen molar-refractivity contribution in [3.8, 4) is 0 Å². The lowest BCUT2D eigenvalue weighted by atomic mass is 10.1. The van der Waals surface area contributed by atoms with Crippen molar-refractivity contribution in [1.82, 2.24) is 5.32 Å². The van der Waals surface area contributed by atoms with Gasteiger partial charge in [0.15, 0.2) is 0 Å². The molecule has 1 saturated heterocycles. The second kappa shape index (κ2) is 6.18. The zero-order valence-corrected chi connectivity index (χ0v) is 10.6. The standard InChI is InChI=1S/C13H19NOS/c1-11(2-3-12-4-7-16-10-12)8-13-9-15-6-5-14-13/h2,4,7,10,13-14H,3,5-6,8-9H2,1H3/b11-2-. The van der Waals surface area contributed by atoms with E-state index >= 15 is 0 Å². The number of thiophene rings is 1. The molecule has 2 rings (SSSR count). The summed E-state index contributed by atoms with van der Waals surface area (Å²) in [6.45, 7) is 4.91. The van der Waals surface area contributed by atoms with Crippen LogP contribution in [0, 0.1) is 0 Å². The van der Waals surface area contributed by atoms with Gasteiger partial charge >= 0.3 is 0 Å². The lowest BCUT2D eigenvalue weighted by Crippen LogP contribution is -2.41. The second-order valence-electron chi connectivity index (χ2n) is 4.32. The van der Waals surface area contributed by atoms with E-state index in [1.165, 1.54) is 11.1 Å². The van der Waals surface area contributed by atoms with Crippen LogP contribution < -0.4 is 5.32 Å². The first-order valence-electron chi connectivity index (χ1n) is 5.82. The molecule has 1 unspecified atom stereocenters. The van der Waals surface area contributed by atoms with Gasteiger partial charge in [0.1, 0.15) is 0 Å². The predicted molar refractivity (Wildman–Crippen MR) is 69.0 cm³/mol. The van der Waals surface area contributed by atoms with Crippen molar-refractivity contribution < 1.29 is 4.74 Å². The van der Waals surface area contributed by atoms with Gasteiger partial charge in [-0.3, -0.25) is 0 Å². The topological polar surface area (TPSA) is 21.3 Å². The highest BCUT2D eigenvalue weighted by atomic mass is 32.1. The van der Waals surface area contributed by atoms with E-state index in [0.717, 1.165) is 32.6 Å². The van der Waals surface area contributed by atoms with Crippen molar-refractivity contribution in [3.63, 3.8) is 0 Å². The Morgan fingerprint density at radius 3 is 3.31 bits per heavy atom. The van der Waals surface area contributed by atoms with Crippen LogP contribution in [0.25, 0.3) is 0 Å². The Morgan fingerprint density at radius 1 is 1.69 bits per heavy atom. The largest absolute Gasteiger partial charge is 0.379 e. The van der Waals surface area contributed by atoms with E-state index in [1.54, 1.807) is 11.3 Å². The molecule has 0 aliphatic carbocycles. The van der Waals surface area contributed by atoms with E-state index in [1.807, 2.05) is 0 Å². The third kappa shape index (κ3) is 3.74. The summed E-state index contributed by atoms with van der Waals surface area (Å²) in [6, 6.07) is 2.70. The number of hydrogen-bond acceptors (Lipinski definition) is 3. The molecular formula is C13H19NOS. The average molecular weight is 237 g/mol. The summed E-state index contributed by atoms with van der Waals surface area (Å²) in [4.78, 5) is 0. The molecule has 1 aromatic rings. The zero-order chi connectivity index (χ0) is 11.2. The van der Waals surface area contributed by atoms with Crippen LogP contribution in [0.3, 0.4) is 0 Å². The number of morpholine rings is 1. The number of nitrogens with one attached hydrogen (secondary N) is 1. The molecule has 0 aromatic carbocycles. The average Bonchev–Trinajstić information content (AvgIpc) is 2.81. The number of allylic oxidation sites excluding steroid dienone is 1. The molecule has 1 aromatic heterocycles. The van der Waals surface area contributed by atoms with E-state index in [-0.39, 0.29) is 0 Å². The Labute approximate surface area is 101 Å². The minimum atomic E-state index is 0.507. The Morgan fingerprint density at radius 2 is 2.62 bits per heavy atom. The van der Waals surface area contributed by atoms with E-state index in [2.05, 4.69) is 35.1 Å². The molecule has 0 spiro atoms. The summed E-state index contributed by atoms with van der Waals surface area (Å²) >= 11 is 1.77. The van der Waals surface area contributed by atoms with Crippen molar-refractivity contribution in [1.29, 1.82) is 0 Å². The van der Waals surface area contributed by atoms with Gasteiger partial charge in [0.25, 0.3) is 0 Å². The third-order valence-corrected chi connectivity index (χ3v) is 3.57. The Bertz CT molecular complexity index is 326. The molecule has 16 heavy (non-hydrogen) atoms. The molecule has 1 aliphatic heterocycles. The van der Waals surface area contributed by atoms with Gasteiger partial charge in [-0.1, -0.05) is 11.6 Å². The molecule has 1 atom stereocenters. The van der Waals surface area contributed by atoms with E-state index < -0.39 is 0 Å². The highest BCUT2D eigenvalue weighted by Crippen LogP contribution is 2.11. The van der Waals surface area contributed by atoms with Gasteiger partial charge in [0, 0.05) is 12.6 Å². The molecule has 0 bridgehead atoms. The summed E-state index contributed by atoms with van der Waals surface area (Å²) in [5.41, 5.74) is 2.87. The summed E-state index contributed by atoms with van der Waals surface area (Å²) < 4.78 is 5.45. The van der Waals surface area contributed by atoms with E-state index in [0.29, 0.717) is 6.04 Å². The maximum atomic E-state index is 5.45. The first kappa shape index (κ1) is 11.8. The fourth-order valence-electron chi connectivity index (χ4n) is 1.92. The maximum Gasteiger partial charge on any atom is 0.0623 e. The van der Waals surface area contributed by atoms with Gasteiger partial charge in [-0.25, -0.2) is 0 Å². The highest BCUT2D eigenvalue weighted by molar-refractivity contribution is 7.07. The van der Waals surface area contributed by atoms with Crippen LogP contribution >= 0.6 is 11.3 Å². The van der Waals surface area contributed by atoms with E-state index in [4.69, 9.17) is 4.74 Å². The first-order valence-corrected chi connectivity index (χ1v) is 6.77. The van der Waals surface area contributed by atoms with Crippen LogP contribution in [-0.2, 0) is 11.2 Å². The number of ether oxygens (including phenoxy) is 1. The molecule has 0 saturated carbocycles. The number of rotatable bonds is 4. The van der Waals surface area contributed by atoms with Crippen molar-refractivity contribution in [3.05, 3.63) is 34.0 Å². The molecule has 0 radical (unpaired) electrons. The molecule has 3 heteroatoms. The lowest BCUT2D eigenvalue weighted by Gasteiger charge is -2.24. The quantitative estimate of drug-likeness (QED) is 0.813. The van der Waals surface area contributed by atoms with Crippen LogP contribution in [-0.4, -0.2) is 25.8 Å². The minimum Gasteiger partial charge on any atom is -0.379 e. The molecule has 2 nitrogen and oxygen atoms in total. The monoisotopic (exact) mass is 237 g/mol. The normalized spacial score (nSPS) is 22.3. The predicted octanol–water partition coefficient (Wildman–Crippen LogP) is 2.62. The molecule has 2 heterocycles. The van der Waals surface area contributed by atoms with Crippen LogP contribution in [0.1, 0.15) is 18.9 Å². The van der Waals surface area contributed by atoms with Crippen molar-refractivity contribution in [2.24, 2.45) is 0 Å². The minimum absolute atomic E-state index is 0.507. The van der Waals surface area contributed by atoms with Gasteiger partial charge in [0.2, 0.25) is 0 Å². The summed E-state index contributed by atoms with van der Waals surface area (Å²) in [7, 11) is 0. The molecule has 1 N–H and O–H groups in total. The Balaban J connectivity index is 1.77. The van der Waals surface area contributed by atoms with Crippen LogP contribution in [0.4, 0.5) is 0 Å². The summed E-state index contributed by atoms with van der Waals surface area (Å²) in [5.74, 6) is 0. The fraction of sp³-hybridized carbons (Fsp3) is 0.538. The van der Waals surface area contributed by atoms with Gasteiger partial charge < -0.3 is 10.1 Å². The third-order valence-electron chi connectivity index (χ3n) is 2.83. The summed E-state index contributed by atoms with van der Waals surface area (Å²) in [6.07, 6.45) is 4.49. The van der Waals surface area contributed by atoms with Gasteiger partial charge in [-0.15, -0.1) is 0 Å². The van der Waals surface area contributed by atoms with Crippen molar-refractivity contribution >= 4 is 11.3 Å². The molecule has 1 aliphatic rings. The highest BCUT2D eigenvalue weighted by Gasteiger charge is 2.12. The molecular weight excluding hydrogens is 218 g/mol. The fourth-order valence-corrected chi connectivity index (χ4v) is 2.61. The Kier molecular flexibility index (Phi) is 4.57. The van der Waals surface area contributed by atoms with Crippen LogP contribution in [0.15, 0.2) is 28.5 Å². The Hall–Kier alpha value is -0.640. The molecule has 1 fully saturated rings. The molecule has 0 amide bonds. The van der Waals surface area contributed by atoms with Gasteiger partial charge in [-0.2, -0.15) is 11.3 Å². The van der Waals surface area contributed by atoms with Crippen molar-refractivity contribution in [2.75, 3.05) is 19.8 Å². The summed E-state index contributed by atoms with van der Waals surface area (Å²) in [5, 5.41) is 7.83. The number of hydrogen-bond donors (Lipinski definition) is 1. The van der Waals surface area contributed by atoms with Gasteiger partial charge in [0.05, 0.1) is 13.2 Å². The SMILES string of the molecule is C/C(=C/Cc1ccsc1)CC1COCCN1.